The number of rotatable bonds is 6. The van der Waals surface area contributed by atoms with E-state index in [0.717, 1.165) is 28.8 Å². The third-order valence-electron chi connectivity index (χ3n) is 4.05. The summed E-state index contributed by atoms with van der Waals surface area (Å²) in [6.07, 6.45) is 2.69. The van der Waals surface area contributed by atoms with Crippen LogP contribution in [-0.2, 0) is 4.74 Å². The quantitative estimate of drug-likeness (QED) is 0.622. The van der Waals surface area contributed by atoms with E-state index in [-0.39, 0.29) is 23.8 Å². The average Bonchev–Trinajstić information content (AvgIpc) is 2.51. The van der Waals surface area contributed by atoms with Crippen molar-refractivity contribution < 1.29 is 9.84 Å². The lowest BCUT2D eigenvalue weighted by atomic mass is 9.80. The molecule has 124 valence electrons. The molecule has 0 saturated carbocycles. The van der Waals surface area contributed by atoms with Crippen LogP contribution in [0.4, 0.5) is 0 Å². The van der Waals surface area contributed by atoms with Crippen molar-refractivity contribution in [1.29, 1.82) is 0 Å². The van der Waals surface area contributed by atoms with Crippen molar-refractivity contribution in [3.8, 4) is 0 Å². The molecule has 0 aliphatic carbocycles. The maximum absolute atomic E-state index is 9.93. The Kier molecular flexibility index (Phi) is 5.61. The smallest absolute Gasteiger partial charge is 0.108 e. The molecule has 23 heavy (non-hydrogen) atoms. The van der Waals surface area contributed by atoms with Crippen LogP contribution in [0.3, 0.4) is 0 Å². The van der Waals surface area contributed by atoms with E-state index < -0.39 is 0 Å². The third-order valence-corrected chi connectivity index (χ3v) is 4.05. The van der Waals surface area contributed by atoms with Gasteiger partial charge in [0.2, 0.25) is 0 Å². The van der Waals surface area contributed by atoms with Crippen LogP contribution >= 0.6 is 0 Å². The van der Waals surface area contributed by atoms with Crippen molar-refractivity contribution in [2.75, 3.05) is 13.7 Å². The molecule has 2 N–H and O–H groups in total. The molecule has 2 atom stereocenters. The summed E-state index contributed by atoms with van der Waals surface area (Å²) in [5.74, 6) is 0.229. The van der Waals surface area contributed by atoms with E-state index in [2.05, 4.69) is 41.7 Å². The fraction of sp³-hybridized carbons (Fsp3) is 0.421. The Morgan fingerprint density at radius 2 is 2.22 bits per heavy atom. The summed E-state index contributed by atoms with van der Waals surface area (Å²) in [5, 5.41) is 13.2. The number of aliphatic hydroxyl groups is 1. The van der Waals surface area contributed by atoms with Gasteiger partial charge in [0.15, 0.2) is 0 Å². The maximum Gasteiger partial charge on any atom is 0.108 e. The molecule has 0 amide bonds. The molecule has 0 aromatic heterocycles. The van der Waals surface area contributed by atoms with E-state index in [0.29, 0.717) is 6.61 Å². The van der Waals surface area contributed by atoms with Gasteiger partial charge in [-0.05, 0) is 37.5 Å². The first-order chi connectivity index (χ1) is 10.9. The van der Waals surface area contributed by atoms with Crippen molar-refractivity contribution in [3.05, 3.63) is 53.8 Å². The zero-order chi connectivity index (χ0) is 17.0. The standard InChI is InChI=1S/C19H26N2O2/c1-12(2)20-11-15-6-7-16-17(8-9-23-5)19(14(4)22)21-13(3)18(16)10-15/h6-7,10-12,17,19,21-22H,3-4,8-9H2,1-2,5H3/b20-11-. The lowest BCUT2D eigenvalue weighted by Crippen LogP contribution is -2.40. The van der Waals surface area contributed by atoms with Gasteiger partial charge in [0.25, 0.3) is 0 Å². The Morgan fingerprint density at radius 1 is 1.48 bits per heavy atom. The number of aliphatic imine (C=N–C) groups is 1. The van der Waals surface area contributed by atoms with E-state index in [1.165, 1.54) is 0 Å². The van der Waals surface area contributed by atoms with Crippen molar-refractivity contribution >= 4 is 11.9 Å². The van der Waals surface area contributed by atoms with E-state index >= 15 is 0 Å². The molecule has 0 spiro atoms. The highest BCUT2D eigenvalue weighted by Crippen LogP contribution is 2.37. The number of aliphatic hydroxyl groups excluding tert-OH is 1. The highest BCUT2D eigenvalue weighted by molar-refractivity contribution is 5.83. The Bertz CT molecular complexity index is 620. The minimum absolute atomic E-state index is 0.101. The van der Waals surface area contributed by atoms with Gasteiger partial charge in [-0.25, -0.2) is 0 Å². The number of hydrogen-bond donors (Lipinski definition) is 2. The van der Waals surface area contributed by atoms with Crippen LogP contribution in [0, 0.1) is 0 Å². The van der Waals surface area contributed by atoms with Crippen LogP contribution in [0.5, 0.6) is 0 Å². The number of fused-ring (bicyclic) bond motifs is 1. The minimum Gasteiger partial charge on any atom is -0.511 e. The minimum atomic E-state index is -0.236. The second-order valence-electron chi connectivity index (χ2n) is 6.20. The molecule has 1 aliphatic heterocycles. The monoisotopic (exact) mass is 314 g/mol. The predicted octanol–water partition coefficient (Wildman–Crippen LogP) is 3.65. The molecular formula is C19H26N2O2. The summed E-state index contributed by atoms with van der Waals surface area (Å²) in [6, 6.07) is 6.27. The van der Waals surface area contributed by atoms with Crippen molar-refractivity contribution in [1.82, 2.24) is 5.32 Å². The van der Waals surface area contributed by atoms with Gasteiger partial charge in [0, 0.05) is 43.2 Å². The number of nitrogens with zero attached hydrogens (tertiary/aromatic N) is 1. The van der Waals surface area contributed by atoms with Crippen LogP contribution in [0.1, 0.15) is 42.9 Å². The van der Waals surface area contributed by atoms with Crippen LogP contribution in [-0.4, -0.2) is 37.1 Å². The fourth-order valence-corrected chi connectivity index (χ4v) is 2.90. The van der Waals surface area contributed by atoms with E-state index in [9.17, 15) is 5.11 Å². The fourth-order valence-electron chi connectivity index (χ4n) is 2.90. The average molecular weight is 314 g/mol. The van der Waals surface area contributed by atoms with Crippen molar-refractivity contribution in [3.63, 3.8) is 0 Å². The van der Waals surface area contributed by atoms with Crippen LogP contribution in [0.15, 0.2) is 42.1 Å². The summed E-state index contributed by atoms with van der Waals surface area (Å²) in [6.45, 7) is 12.5. The summed E-state index contributed by atoms with van der Waals surface area (Å²) in [7, 11) is 1.68. The molecule has 4 heteroatoms. The van der Waals surface area contributed by atoms with Crippen LogP contribution < -0.4 is 5.32 Å². The zero-order valence-corrected chi connectivity index (χ0v) is 14.2. The van der Waals surface area contributed by atoms with Gasteiger partial charge in [0.05, 0.1) is 6.04 Å². The largest absolute Gasteiger partial charge is 0.511 e. The van der Waals surface area contributed by atoms with E-state index in [4.69, 9.17) is 4.74 Å². The second-order valence-corrected chi connectivity index (χ2v) is 6.20. The van der Waals surface area contributed by atoms with Crippen molar-refractivity contribution in [2.45, 2.75) is 38.3 Å². The zero-order valence-electron chi connectivity index (χ0n) is 14.2. The van der Waals surface area contributed by atoms with Gasteiger partial charge in [-0.1, -0.05) is 25.3 Å². The Hall–Kier alpha value is -2.07. The highest BCUT2D eigenvalue weighted by Gasteiger charge is 2.32. The molecular weight excluding hydrogens is 288 g/mol. The number of hydrogen-bond acceptors (Lipinski definition) is 4. The van der Waals surface area contributed by atoms with Crippen molar-refractivity contribution in [2.24, 2.45) is 4.99 Å². The van der Waals surface area contributed by atoms with Gasteiger partial charge >= 0.3 is 0 Å². The first-order valence-electron chi connectivity index (χ1n) is 7.93. The molecule has 2 unspecified atom stereocenters. The molecule has 0 radical (unpaired) electrons. The normalized spacial score (nSPS) is 20.6. The van der Waals surface area contributed by atoms with E-state index in [1.807, 2.05) is 20.1 Å². The molecule has 1 aromatic rings. The van der Waals surface area contributed by atoms with Gasteiger partial charge in [-0.3, -0.25) is 4.99 Å². The number of nitrogens with one attached hydrogen (secondary N) is 1. The van der Waals surface area contributed by atoms with Crippen LogP contribution in [0.2, 0.25) is 0 Å². The summed E-state index contributed by atoms with van der Waals surface area (Å²) < 4.78 is 5.22. The summed E-state index contributed by atoms with van der Waals surface area (Å²) in [4.78, 5) is 4.43. The predicted molar refractivity (Wildman–Crippen MR) is 96.1 cm³/mol. The number of benzene rings is 1. The van der Waals surface area contributed by atoms with Gasteiger partial charge in [0.1, 0.15) is 5.76 Å². The molecule has 0 fully saturated rings. The summed E-state index contributed by atoms with van der Waals surface area (Å²) in [5.41, 5.74) is 4.07. The van der Waals surface area contributed by atoms with Gasteiger partial charge in [-0.2, -0.15) is 0 Å². The molecule has 2 rings (SSSR count). The molecule has 1 aliphatic rings. The number of ether oxygens (including phenoxy) is 1. The van der Waals surface area contributed by atoms with E-state index in [1.54, 1.807) is 7.11 Å². The molecule has 4 nitrogen and oxygen atoms in total. The molecule has 0 bridgehead atoms. The second kappa shape index (κ2) is 7.47. The SMILES string of the molecule is C=C1NC(C(=C)O)C(CCOC)c2ccc(/C=N\C(C)C)cc21. The topological polar surface area (TPSA) is 53.8 Å². The Morgan fingerprint density at radius 3 is 2.83 bits per heavy atom. The molecule has 1 aromatic carbocycles. The lowest BCUT2D eigenvalue weighted by molar-refractivity contribution is 0.179. The van der Waals surface area contributed by atoms with Gasteiger partial charge in [-0.15, -0.1) is 0 Å². The molecule has 1 heterocycles. The van der Waals surface area contributed by atoms with Gasteiger partial charge < -0.3 is 15.2 Å². The summed E-state index contributed by atoms with van der Waals surface area (Å²) >= 11 is 0. The first kappa shape index (κ1) is 17.3. The highest BCUT2D eigenvalue weighted by atomic mass is 16.5. The Balaban J connectivity index is 2.39. The first-order valence-corrected chi connectivity index (χ1v) is 7.93. The Labute approximate surface area is 138 Å². The lowest BCUT2D eigenvalue weighted by Gasteiger charge is -2.36. The molecule has 0 saturated heterocycles. The van der Waals surface area contributed by atoms with Crippen LogP contribution in [0.25, 0.3) is 5.70 Å². The third kappa shape index (κ3) is 4.02. The maximum atomic E-state index is 9.93. The number of methoxy groups -OCH3 is 1.